The molecule has 1 atom stereocenters. The van der Waals surface area contributed by atoms with Crippen molar-refractivity contribution in [3.05, 3.63) is 80.5 Å². The molecule has 200 valence electrons. The third kappa shape index (κ3) is 5.42. The summed E-state index contributed by atoms with van der Waals surface area (Å²) in [7, 11) is 3.13. The van der Waals surface area contributed by atoms with Crippen LogP contribution in [-0.2, 0) is 16.1 Å². The van der Waals surface area contributed by atoms with E-state index in [2.05, 4.69) is 35.8 Å². The van der Waals surface area contributed by atoms with E-state index in [0.29, 0.717) is 64.5 Å². The zero-order chi connectivity index (χ0) is 27.6. The van der Waals surface area contributed by atoms with Gasteiger partial charge in [0.05, 0.1) is 35.7 Å². The summed E-state index contributed by atoms with van der Waals surface area (Å²) < 4.78 is 30.8. The number of ether oxygens (including phenoxy) is 3. The Morgan fingerprint density at radius 2 is 1.92 bits per heavy atom. The summed E-state index contributed by atoms with van der Waals surface area (Å²) in [5.74, 6) is 0.244. The fourth-order valence-electron chi connectivity index (χ4n) is 5.13. The Balaban J connectivity index is 1.79. The molecule has 4 rings (SSSR count). The van der Waals surface area contributed by atoms with Gasteiger partial charge < -0.3 is 24.8 Å². The lowest BCUT2D eigenvalue weighted by atomic mass is 9.68. The number of methoxy groups -OCH3 is 2. The topological polar surface area (TPSA) is 97.8 Å². The number of halogens is 2. The SMILES string of the molecule is COCCN1C(N)=C(C#N)[C@@H](c2cc(Br)c(OCc3ccc(F)cc3)c(OC)c2)C2=C1CC(C)(C)CC2=O. The van der Waals surface area contributed by atoms with E-state index in [4.69, 9.17) is 19.9 Å². The van der Waals surface area contributed by atoms with E-state index in [-0.39, 0.29) is 23.6 Å². The number of nitrogens with two attached hydrogens (primary N) is 1. The highest BCUT2D eigenvalue weighted by Crippen LogP contribution is 2.50. The predicted octanol–water partition coefficient (Wildman–Crippen LogP) is 5.56. The first-order valence-electron chi connectivity index (χ1n) is 12.3. The predicted molar refractivity (Wildman–Crippen MR) is 145 cm³/mol. The van der Waals surface area contributed by atoms with Crippen molar-refractivity contribution < 1.29 is 23.4 Å². The van der Waals surface area contributed by atoms with E-state index < -0.39 is 5.92 Å². The molecule has 2 aliphatic rings. The first kappa shape index (κ1) is 27.7. The first-order valence-corrected chi connectivity index (χ1v) is 13.1. The number of allylic oxidation sites excluding steroid dienone is 3. The Morgan fingerprint density at radius 3 is 2.55 bits per heavy atom. The smallest absolute Gasteiger partial charge is 0.175 e. The van der Waals surface area contributed by atoms with Crippen LogP contribution in [0, 0.1) is 22.6 Å². The molecule has 0 unspecified atom stereocenters. The Hall–Kier alpha value is -3.35. The van der Waals surface area contributed by atoms with Gasteiger partial charge in [0.2, 0.25) is 0 Å². The molecule has 2 aromatic rings. The van der Waals surface area contributed by atoms with E-state index >= 15 is 0 Å². The summed E-state index contributed by atoms with van der Waals surface area (Å²) in [6.07, 6.45) is 1.01. The summed E-state index contributed by atoms with van der Waals surface area (Å²) in [5, 5.41) is 10.2. The highest BCUT2D eigenvalue weighted by atomic mass is 79.9. The second kappa shape index (κ2) is 11.2. The zero-order valence-corrected chi connectivity index (χ0v) is 23.5. The van der Waals surface area contributed by atoms with Gasteiger partial charge in [-0.3, -0.25) is 4.79 Å². The lowest BCUT2D eigenvalue weighted by Crippen LogP contribution is -2.43. The summed E-state index contributed by atoms with van der Waals surface area (Å²) in [5.41, 5.74) is 9.55. The minimum absolute atomic E-state index is 0.00403. The number of benzene rings is 2. The molecule has 0 saturated heterocycles. The highest BCUT2D eigenvalue weighted by molar-refractivity contribution is 9.10. The Labute approximate surface area is 230 Å². The quantitative estimate of drug-likeness (QED) is 0.434. The number of Topliss-reactive ketones (excluding diaryl/α,β-unsaturated/α-hetero) is 1. The maximum absolute atomic E-state index is 13.6. The van der Waals surface area contributed by atoms with Crippen LogP contribution < -0.4 is 15.2 Å². The molecule has 38 heavy (non-hydrogen) atoms. The van der Waals surface area contributed by atoms with Crippen LogP contribution in [-0.4, -0.2) is 38.1 Å². The largest absolute Gasteiger partial charge is 0.493 e. The van der Waals surface area contributed by atoms with E-state index in [0.717, 1.165) is 11.3 Å². The molecular weight excluding hydrogens is 553 g/mol. The zero-order valence-electron chi connectivity index (χ0n) is 21.9. The van der Waals surface area contributed by atoms with Crippen LogP contribution in [0.15, 0.2) is 63.5 Å². The van der Waals surface area contributed by atoms with Crippen LogP contribution in [0.2, 0.25) is 0 Å². The summed E-state index contributed by atoms with van der Waals surface area (Å²) in [6.45, 7) is 5.15. The van der Waals surface area contributed by atoms with Crippen molar-refractivity contribution in [1.82, 2.24) is 4.90 Å². The number of nitriles is 1. The average Bonchev–Trinajstić information content (AvgIpc) is 2.87. The van der Waals surface area contributed by atoms with Gasteiger partial charge in [-0.2, -0.15) is 5.26 Å². The van der Waals surface area contributed by atoms with Crippen molar-refractivity contribution in [3.8, 4) is 17.6 Å². The number of rotatable bonds is 8. The minimum atomic E-state index is -0.645. The monoisotopic (exact) mass is 583 g/mol. The first-order chi connectivity index (χ1) is 18.1. The van der Waals surface area contributed by atoms with Crippen molar-refractivity contribution in [1.29, 1.82) is 5.26 Å². The maximum Gasteiger partial charge on any atom is 0.175 e. The van der Waals surface area contributed by atoms with Gasteiger partial charge >= 0.3 is 0 Å². The van der Waals surface area contributed by atoms with Gasteiger partial charge in [0, 0.05) is 31.3 Å². The molecule has 0 radical (unpaired) electrons. The molecule has 0 spiro atoms. The molecule has 2 aromatic carbocycles. The molecule has 7 nitrogen and oxygen atoms in total. The second-order valence-electron chi connectivity index (χ2n) is 10.2. The van der Waals surface area contributed by atoms with Crippen molar-refractivity contribution in [2.45, 2.75) is 39.2 Å². The van der Waals surface area contributed by atoms with Crippen LogP contribution in [0.3, 0.4) is 0 Å². The number of hydrogen-bond donors (Lipinski definition) is 1. The lowest BCUT2D eigenvalue weighted by molar-refractivity contribution is -0.118. The lowest BCUT2D eigenvalue weighted by Gasteiger charge is -2.43. The van der Waals surface area contributed by atoms with Crippen LogP contribution in [0.25, 0.3) is 0 Å². The Morgan fingerprint density at radius 1 is 1.21 bits per heavy atom. The summed E-state index contributed by atoms with van der Waals surface area (Å²) in [4.78, 5) is 15.5. The van der Waals surface area contributed by atoms with Crippen LogP contribution >= 0.6 is 15.9 Å². The van der Waals surface area contributed by atoms with Crippen molar-refractivity contribution >= 4 is 21.7 Å². The molecule has 1 aliphatic carbocycles. The van der Waals surface area contributed by atoms with Gasteiger partial charge in [0.1, 0.15) is 18.2 Å². The Kier molecular flexibility index (Phi) is 8.14. The number of nitrogens with zero attached hydrogens (tertiary/aromatic N) is 2. The van der Waals surface area contributed by atoms with E-state index in [9.17, 15) is 14.4 Å². The summed E-state index contributed by atoms with van der Waals surface area (Å²) in [6, 6.07) is 11.9. The number of hydrogen-bond acceptors (Lipinski definition) is 7. The van der Waals surface area contributed by atoms with Gasteiger partial charge in [-0.25, -0.2) is 4.39 Å². The standard InChI is InChI=1S/C29H31BrFN3O4/c1-29(2)13-22-26(23(35)14-29)25(20(15-32)28(33)34(22)9-10-36-3)18-11-21(30)27(24(12-18)37-4)38-16-17-5-7-19(31)8-6-17/h5-8,11-12,25H,9-10,13-14,16,33H2,1-4H3/t25-/m1/s1. The summed E-state index contributed by atoms with van der Waals surface area (Å²) >= 11 is 3.59. The Bertz CT molecular complexity index is 1340. The fourth-order valence-corrected chi connectivity index (χ4v) is 5.70. The minimum Gasteiger partial charge on any atom is -0.493 e. The molecule has 0 aromatic heterocycles. The van der Waals surface area contributed by atoms with Crippen LogP contribution in [0.1, 0.15) is 43.7 Å². The number of carbonyl (C=O) groups is 1. The maximum atomic E-state index is 13.6. The van der Waals surface area contributed by atoms with Crippen molar-refractivity contribution in [2.75, 3.05) is 27.4 Å². The van der Waals surface area contributed by atoms with Gasteiger partial charge in [-0.15, -0.1) is 0 Å². The number of carbonyl (C=O) groups excluding carboxylic acids is 1. The van der Waals surface area contributed by atoms with Gasteiger partial charge in [0.15, 0.2) is 17.3 Å². The van der Waals surface area contributed by atoms with Gasteiger partial charge in [-0.05, 0) is 63.2 Å². The number of ketones is 1. The molecular formula is C29H31BrFN3O4. The molecule has 1 aliphatic heterocycles. The molecule has 0 bridgehead atoms. The molecule has 2 N–H and O–H groups in total. The average molecular weight is 584 g/mol. The van der Waals surface area contributed by atoms with Crippen LogP contribution in [0.5, 0.6) is 11.5 Å². The second-order valence-corrected chi connectivity index (χ2v) is 11.1. The molecule has 9 heteroatoms. The van der Waals surface area contributed by atoms with Crippen LogP contribution in [0.4, 0.5) is 4.39 Å². The highest BCUT2D eigenvalue weighted by Gasteiger charge is 2.44. The fraction of sp³-hybridized carbons (Fsp3) is 0.379. The molecule has 0 fully saturated rings. The van der Waals surface area contributed by atoms with E-state index in [1.54, 1.807) is 25.3 Å². The molecule has 0 saturated carbocycles. The molecule has 0 amide bonds. The van der Waals surface area contributed by atoms with Crippen molar-refractivity contribution in [3.63, 3.8) is 0 Å². The normalized spacial score (nSPS) is 18.8. The van der Waals surface area contributed by atoms with Gasteiger partial charge in [0.25, 0.3) is 0 Å². The van der Waals surface area contributed by atoms with Gasteiger partial charge in [-0.1, -0.05) is 26.0 Å². The van der Waals surface area contributed by atoms with Crippen molar-refractivity contribution in [2.24, 2.45) is 11.1 Å². The third-order valence-electron chi connectivity index (χ3n) is 6.89. The van der Waals surface area contributed by atoms with E-state index in [1.165, 1.54) is 19.2 Å². The molecule has 1 heterocycles. The third-order valence-corrected chi connectivity index (χ3v) is 7.48. The van der Waals surface area contributed by atoms with E-state index in [1.807, 2.05) is 11.0 Å².